The van der Waals surface area contributed by atoms with E-state index in [-0.39, 0.29) is 0 Å². The molecule has 3 nitrogen and oxygen atoms in total. The molecule has 88 valence electrons. The molecule has 0 spiro atoms. The highest BCUT2D eigenvalue weighted by Gasteiger charge is 2.25. The molecule has 0 amide bonds. The van der Waals surface area contributed by atoms with E-state index >= 15 is 0 Å². The minimum atomic E-state index is 0.672. The van der Waals surface area contributed by atoms with E-state index in [2.05, 4.69) is 34.3 Å². The van der Waals surface area contributed by atoms with Crippen molar-refractivity contribution in [1.29, 1.82) is 0 Å². The summed E-state index contributed by atoms with van der Waals surface area (Å²) in [6.07, 6.45) is 2.71. The van der Waals surface area contributed by atoms with Crippen LogP contribution in [0.4, 0.5) is 0 Å². The number of hydrogen-bond acceptors (Lipinski definition) is 4. The van der Waals surface area contributed by atoms with Gasteiger partial charge in [-0.15, -0.1) is 0 Å². The van der Waals surface area contributed by atoms with E-state index < -0.39 is 0 Å². The molecule has 2 aliphatic heterocycles. The van der Waals surface area contributed by atoms with Gasteiger partial charge < -0.3 is 5.32 Å². The lowest BCUT2D eigenvalue weighted by molar-refractivity contribution is 0.107. The lowest BCUT2D eigenvalue weighted by atomic mass is 9.96. The monoisotopic (exact) mass is 229 g/mol. The molecule has 1 unspecified atom stereocenters. The van der Waals surface area contributed by atoms with Crippen LogP contribution in [0.2, 0.25) is 0 Å². The van der Waals surface area contributed by atoms with E-state index in [4.69, 9.17) is 0 Å². The maximum absolute atomic E-state index is 4.42. The number of piperazine rings is 1. The fraction of sp³-hybridized carbons (Fsp3) is 1.00. The average Bonchev–Trinajstić information content (AvgIpc) is 2.24. The topological polar surface area (TPSA) is 18.5 Å². The van der Waals surface area contributed by atoms with Gasteiger partial charge in [0.1, 0.15) is 0 Å². The van der Waals surface area contributed by atoms with Crippen molar-refractivity contribution in [2.75, 3.05) is 39.3 Å². The first-order valence-corrected chi connectivity index (χ1v) is 6.54. The first-order valence-electron chi connectivity index (χ1n) is 6.14. The molecule has 0 saturated carbocycles. The maximum Gasteiger partial charge on any atom is 0.0241 e. The molecule has 2 heterocycles. The molecular formula is C11H23N3S. The van der Waals surface area contributed by atoms with Gasteiger partial charge in [-0.25, -0.2) is 0 Å². The summed E-state index contributed by atoms with van der Waals surface area (Å²) in [7, 11) is 0. The maximum atomic E-state index is 4.42. The Labute approximate surface area is 98.7 Å². The average molecular weight is 229 g/mol. The zero-order chi connectivity index (χ0) is 10.7. The summed E-state index contributed by atoms with van der Waals surface area (Å²) < 4.78 is 2.14. The lowest BCUT2D eigenvalue weighted by Crippen LogP contribution is -2.51. The van der Waals surface area contributed by atoms with E-state index in [9.17, 15) is 0 Å². The summed E-state index contributed by atoms with van der Waals surface area (Å²) in [5, 5.41) is 3.43. The summed E-state index contributed by atoms with van der Waals surface area (Å²) in [5.41, 5.74) is 0. The second-order valence-corrected chi connectivity index (χ2v) is 5.52. The number of nitrogens with one attached hydrogen (secondary N) is 1. The quantitative estimate of drug-likeness (QED) is 0.684. The summed E-state index contributed by atoms with van der Waals surface area (Å²) >= 11 is 4.42. The Morgan fingerprint density at radius 3 is 2.67 bits per heavy atom. The zero-order valence-electron chi connectivity index (χ0n) is 9.65. The third-order valence-electron chi connectivity index (χ3n) is 3.70. The van der Waals surface area contributed by atoms with E-state index in [1.54, 1.807) is 0 Å². The van der Waals surface area contributed by atoms with Gasteiger partial charge in [-0.2, -0.15) is 0 Å². The van der Waals surface area contributed by atoms with Crippen molar-refractivity contribution in [3.8, 4) is 0 Å². The van der Waals surface area contributed by atoms with Crippen LogP contribution in [-0.2, 0) is 0 Å². The number of nitrogens with zero attached hydrogens (tertiary/aromatic N) is 2. The van der Waals surface area contributed by atoms with Crippen molar-refractivity contribution < 1.29 is 0 Å². The molecule has 0 aliphatic carbocycles. The van der Waals surface area contributed by atoms with E-state index in [1.165, 1.54) is 39.0 Å². The van der Waals surface area contributed by atoms with Crippen LogP contribution in [0.5, 0.6) is 0 Å². The molecule has 0 radical (unpaired) electrons. The number of hydrogen-bond donors (Lipinski definition) is 2. The van der Waals surface area contributed by atoms with Gasteiger partial charge in [-0.1, -0.05) is 12.8 Å². The molecule has 0 aromatic carbocycles. The van der Waals surface area contributed by atoms with Gasteiger partial charge in [0.2, 0.25) is 0 Å². The second-order valence-electron chi connectivity index (χ2n) is 4.95. The van der Waals surface area contributed by atoms with E-state index in [0.29, 0.717) is 6.04 Å². The van der Waals surface area contributed by atoms with Gasteiger partial charge >= 0.3 is 0 Å². The van der Waals surface area contributed by atoms with Gasteiger partial charge in [0.15, 0.2) is 0 Å². The summed E-state index contributed by atoms with van der Waals surface area (Å²) in [6.45, 7) is 9.45. The first-order chi connectivity index (χ1) is 7.25. The first kappa shape index (κ1) is 11.7. The molecule has 2 fully saturated rings. The zero-order valence-corrected chi connectivity index (χ0v) is 10.5. The number of thiol groups is 1. The Balaban J connectivity index is 1.77. The highest BCUT2D eigenvalue weighted by atomic mass is 32.1. The van der Waals surface area contributed by atoms with Crippen LogP contribution in [0, 0.1) is 5.92 Å². The van der Waals surface area contributed by atoms with Crippen molar-refractivity contribution >= 4 is 12.8 Å². The van der Waals surface area contributed by atoms with Gasteiger partial charge in [0.25, 0.3) is 0 Å². The fourth-order valence-corrected chi connectivity index (χ4v) is 2.97. The van der Waals surface area contributed by atoms with Crippen molar-refractivity contribution in [1.82, 2.24) is 14.5 Å². The van der Waals surface area contributed by atoms with Crippen LogP contribution in [0.25, 0.3) is 0 Å². The third kappa shape index (κ3) is 3.34. The molecule has 2 saturated heterocycles. The van der Waals surface area contributed by atoms with Crippen molar-refractivity contribution in [2.45, 2.75) is 25.8 Å². The molecule has 0 aromatic rings. The van der Waals surface area contributed by atoms with Crippen LogP contribution >= 0.6 is 12.8 Å². The number of piperidine rings is 1. The Bertz CT molecular complexity index is 194. The van der Waals surface area contributed by atoms with Crippen LogP contribution in [0.15, 0.2) is 0 Å². The van der Waals surface area contributed by atoms with Gasteiger partial charge in [0.05, 0.1) is 0 Å². The third-order valence-corrected chi connectivity index (χ3v) is 4.06. The second kappa shape index (κ2) is 5.53. The minimum absolute atomic E-state index is 0.672. The fourth-order valence-electron chi connectivity index (χ4n) is 2.64. The van der Waals surface area contributed by atoms with Gasteiger partial charge in [0, 0.05) is 32.2 Å². The molecule has 0 bridgehead atoms. The van der Waals surface area contributed by atoms with Crippen molar-refractivity contribution in [3.05, 3.63) is 0 Å². The van der Waals surface area contributed by atoms with Crippen LogP contribution in [0.3, 0.4) is 0 Å². The summed E-state index contributed by atoms with van der Waals surface area (Å²) in [4.78, 5) is 2.64. The summed E-state index contributed by atoms with van der Waals surface area (Å²) in [5.74, 6) is 0.917. The molecule has 0 aromatic heterocycles. The largest absolute Gasteiger partial charge is 0.317 e. The highest BCUT2D eigenvalue weighted by molar-refractivity contribution is 7.77. The lowest BCUT2D eigenvalue weighted by Gasteiger charge is -2.40. The molecule has 2 rings (SSSR count). The van der Waals surface area contributed by atoms with Crippen LogP contribution < -0.4 is 5.32 Å². The van der Waals surface area contributed by atoms with E-state index in [1.807, 2.05) is 0 Å². The predicted octanol–water partition coefficient (Wildman–Crippen LogP) is 0.837. The van der Waals surface area contributed by atoms with Crippen LogP contribution in [-0.4, -0.2) is 54.5 Å². The van der Waals surface area contributed by atoms with E-state index in [0.717, 1.165) is 19.0 Å². The Morgan fingerprint density at radius 1 is 1.27 bits per heavy atom. The molecule has 15 heavy (non-hydrogen) atoms. The van der Waals surface area contributed by atoms with Crippen molar-refractivity contribution in [3.63, 3.8) is 0 Å². The molecule has 1 N–H and O–H groups in total. The molecule has 4 heteroatoms. The molecule has 2 aliphatic rings. The Hall–Kier alpha value is 0.230. The number of rotatable bonds is 2. The minimum Gasteiger partial charge on any atom is -0.317 e. The Kier molecular flexibility index (Phi) is 4.31. The normalized spacial score (nSPS) is 32.0. The van der Waals surface area contributed by atoms with Gasteiger partial charge in [-0.3, -0.25) is 9.21 Å². The molecular weight excluding hydrogens is 206 g/mol. The highest BCUT2D eigenvalue weighted by Crippen LogP contribution is 2.18. The Morgan fingerprint density at radius 2 is 2.00 bits per heavy atom. The molecule has 1 atom stereocenters. The summed E-state index contributed by atoms with van der Waals surface area (Å²) in [6, 6.07) is 0.672. The van der Waals surface area contributed by atoms with Crippen molar-refractivity contribution in [2.24, 2.45) is 5.92 Å². The standard InChI is InChI=1S/C11H23N3S/c1-10-8-14(15)7-6-13(10)9-11-2-4-12-5-3-11/h10-12,15H,2-9H2,1H3. The predicted molar refractivity (Wildman–Crippen MR) is 67.2 cm³/mol. The van der Waals surface area contributed by atoms with Crippen LogP contribution in [0.1, 0.15) is 19.8 Å². The smallest absolute Gasteiger partial charge is 0.0241 e. The van der Waals surface area contributed by atoms with Gasteiger partial charge in [-0.05, 0) is 38.8 Å². The SMILES string of the molecule is CC1CN(S)CCN1CC1CCNCC1.